The molecular weight excluding hydrogens is 545 g/mol. The van der Waals surface area contributed by atoms with Gasteiger partial charge < -0.3 is 14.8 Å². The lowest BCUT2D eigenvalue weighted by atomic mass is 10.1. The zero-order valence-electron chi connectivity index (χ0n) is 23.4. The van der Waals surface area contributed by atoms with Crippen LogP contribution in [0.2, 0.25) is 0 Å². The molecule has 4 aromatic rings. The topological polar surface area (TPSA) is 94.1 Å². The number of pyridine rings is 1. The predicted molar refractivity (Wildman–Crippen MR) is 153 cm³/mol. The highest BCUT2D eigenvalue weighted by molar-refractivity contribution is 5.81. The van der Waals surface area contributed by atoms with Crippen molar-refractivity contribution in [2.75, 3.05) is 44.7 Å². The Morgan fingerprint density at radius 2 is 1.86 bits per heavy atom. The predicted octanol–water partition coefficient (Wildman–Crippen LogP) is 4.45. The molecule has 0 bridgehead atoms. The van der Waals surface area contributed by atoms with Gasteiger partial charge in [-0.05, 0) is 48.6 Å². The fourth-order valence-corrected chi connectivity index (χ4v) is 5.39. The summed E-state index contributed by atoms with van der Waals surface area (Å²) in [5.41, 5.74) is 5.55. The summed E-state index contributed by atoms with van der Waals surface area (Å²) in [6.45, 7) is 3.28. The molecule has 1 amide bonds. The average Bonchev–Trinajstić information content (AvgIpc) is 3.68. The van der Waals surface area contributed by atoms with Crippen LogP contribution in [-0.4, -0.2) is 86.6 Å². The Morgan fingerprint density at radius 1 is 1.05 bits per heavy atom. The Kier molecular flexibility index (Phi) is 7.80. The first kappa shape index (κ1) is 28.1. The highest BCUT2D eigenvalue weighted by Gasteiger charge is 2.34. The summed E-state index contributed by atoms with van der Waals surface area (Å²) in [5.74, 6) is 1.63. The van der Waals surface area contributed by atoms with Crippen LogP contribution >= 0.6 is 0 Å². The van der Waals surface area contributed by atoms with Crippen LogP contribution in [-0.2, 0) is 17.8 Å². The number of benzene rings is 1. The number of alkyl halides is 3. The summed E-state index contributed by atoms with van der Waals surface area (Å²) in [6.07, 6.45) is 0.613. The molecule has 0 radical (unpaired) electrons. The maximum atomic E-state index is 12.6. The Balaban J connectivity index is 1.08. The number of carbonyl (C=O) groups excluding carboxylic acids is 1. The van der Waals surface area contributed by atoms with E-state index in [1.165, 1.54) is 17.7 Å². The standard InChI is InChI=1S/C30H33F3N8O/c1-39(17-20-2-3-20)28-15-25(35-19-36-28)22-4-5-24-26(13-22)38-27(37-24)14-23-12-21(6-7-34-23)18-40-8-10-41(11-9-40)29(42)16-30(31,32)33/h4-7,12-13,15,19-20H,2-3,8-11,14,16-18H2,1H3,(H,37,38). The lowest BCUT2D eigenvalue weighted by molar-refractivity contribution is -0.162. The summed E-state index contributed by atoms with van der Waals surface area (Å²) in [6, 6.07) is 12.1. The number of H-pyrrole nitrogens is 1. The molecule has 42 heavy (non-hydrogen) atoms. The highest BCUT2D eigenvalue weighted by Crippen LogP contribution is 2.31. The van der Waals surface area contributed by atoms with E-state index in [-0.39, 0.29) is 0 Å². The molecule has 0 atom stereocenters. The number of halogens is 3. The maximum absolute atomic E-state index is 12.6. The first-order valence-electron chi connectivity index (χ1n) is 14.2. The van der Waals surface area contributed by atoms with E-state index in [2.05, 4.69) is 42.8 Å². The summed E-state index contributed by atoms with van der Waals surface area (Å²) in [7, 11) is 2.07. The van der Waals surface area contributed by atoms with E-state index in [4.69, 9.17) is 4.98 Å². The first-order valence-corrected chi connectivity index (χ1v) is 14.2. The molecule has 1 N–H and O–H groups in total. The number of nitrogens with zero attached hydrogens (tertiary/aromatic N) is 7. The Labute approximate surface area is 241 Å². The quantitative estimate of drug-likeness (QED) is 0.314. The second kappa shape index (κ2) is 11.7. The normalized spacial score (nSPS) is 16.2. The van der Waals surface area contributed by atoms with Crippen LogP contribution in [0.5, 0.6) is 0 Å². The minimum atomic E-state index is -4.48. The molecule has 0 unspecified atom stereocenters. The van der Waals surface area contributed by atoms with Gasteiger partial charge in [-0.25, -0.2) is 15.0 Å². The number of hydrogen-bond acceptors (Lipinski definition) is 7. The fourth-order valence-electron chi connectivity index (χ4n) is 5.39. The summed E-state index contributed by atoms with van der Waals surface area (Å²) in [5, 5.41) is 0. The van der Waals surface area contributed by atoms with Gasteiger partial charge in [0.25, 0.3) is 0 Å². The highest BCUT2D eigenvalue weighted by atomic mass is 19.4. The summed E-state index contributed by atoms with van der Waals surface area (Å²) >= 11 is 0. The summed E-state index contributed by atoms with van der Waals surface area (Å²) in [4.78, 5) is 39.2. The van der Waals surface area contributed by atoms with Crippen LogP contribution in [0.1, 0.15) is 36.3 Å². The number of rotatable bonds is 9. The van der Waals surface area contributed by atoms with Crippen molar-refractivity contribution in [2.45, 2.75) is 38.4 Å². The van der Waals surface area contributed by atoms with Crippen molar-refractivity contribution in [3.05, 3.63) is 66.0 Å². The van der Waals surface area contributed by atoms with Gasteiger partial charge in [0.2, 0.25) is 5.91 Å². The molecule has 3 aromatic heterocycles. The van der Waals surface area contributed by atoms with E-state index in [1.54, 1.807) is 12.5 Å². The van der Waals surface area contributed by atoms with E-state index in [1.807, 2.05) is 30.3 Å². The third kappa shape index (κ3) is 7.04. The maximum Gasteiger partial charge on any atom is 0.397 e. The molecule has 0 spiro atoms. The SMILES string of the molecule is CN(CC1CC1)c1cc(-c2ccc3nc(Cc4cc(CN5CCN(C(=O)CC(F)(F)F)CC5)ccn4)[nH]c3c2)ncn1. The van der Waals surface area contributed by atoms with E-state index < -0.39 is 18.5 Å². The van der Waals surface area contributed by atoms with Crippen LogP contribution < -0.4 is 4.90 Å². The average molecular weight is 579 g/mol. The van der Waals surface area contributed by atoms with Gasteiger partial charge in [-0.2, -0.15) is 13.2 Å². The molecule has 4 heterocycles. The van der Waals surface area contributed by atoms with Gasteiger partial charge in [0.05, 0.1) is 16.7 Å². The van der Waals surface area contributed by atoms with Gasteiger partial charge in [0.1, 0.15) is 24.4 Å². The van der Waals surface area contributed by atoms with Crippen molar-refractivity contribution in [1.29, 1.82) is 0 Å². The number of imidazole rings is 1. The third-order valence-corrected chi connectivity index (χ3v) is 7.81. The van der Waals surface area contributed by atoms with Crippen LogP contribution in [0.4, 0.5) is 19.0 Å². The minimum Gasteiger partial charge on any atom is -0.359 e. The van der Waals surface area contributed by atoms with Crippen molar-refractivity contribution in [3.8, 4) is 11.3 Å². The molecule has 6 rings (SSSR count). The van der Waals surface area contributed by atoms with Gasteiger partial charge in [-0.1, -0.05) is 6.07 Å². The zero-order chi connectivity index (χ0) is 29.3. The minimum absolute atomic E-state index is 0.293. The van der Waals surface area contributed by atoms with Crippen molar-refractivity contribution < 1.29 is 18.0 Å². The molecule has 1 aromatic carbocycles. The van der Waals surface area contributed by atoms with E-state index in [0.717, 1.165) is 57.7 Å². The molecule has 2 fully saturated rings. The summed E-state index contributed by atoms with van der Waals surface area (Å²) < 4.78 is 37.7. The Hall–Kier alpha value is -4.06. The third-order valence-electron chi connectivity index (χ3n) is 7.81. The Morgan fingerprint density at radius 3 is 2.62 bits per heavy atom. The molecule has 1 saturated carbocycles. The number of fused-ring (bicyclic) bond motifs is 1. The number of anilines is 1. The first-order chi connectivity index (χ1) is 20.2. The van der Waals surface area contributed by atoms with E-state index >= 15 is 0 Å². The monoisotopic (exact) mass is 578 g/mol. The molecule has 1 saturated heterocycles. The molecule has 9 nitrogen and oxygen atoms in total. The Bertz CT molecular complexity index is 1560. The molecular formula is C30H33F3N8O. The molecule has 1 aliphatic carbocycles. The van der Waals surface area contributed by atoms with E-state index in [9.17, 15) is 18.0 Å². The molecule has 220 valence electrons. The smallest absolute Gasteiger partial charge is 0.359 e. The van der Waals surface area contributed by atoms with Gasteiger partial charge >= 0.3 is 6.18 Å². The zero-order valence-corrected chi connectivity index (χ0v) is 23.4. The lowest BCUT2D eigenvalue weighted by Crippen LogP contribution is -2.49. The van der Waals surface area contributed by atoms with Gasteiger partial charge in [-0.15, -0.1) is 0 Å². The lowest BCUT2D eigenvalue weighted by Gasteiger charge is -2.35. The molecule has 2 aliphatic rings. The number of carbonyl (C=O) groups is 1. The number of piperazine rings is 1. The second-order valence-corrected chi connectivity index (χ2v) is 11.3. The van der Waals surface area contributed by atoms with Crippen molar-refractivity contribution in [3.63, 3.8) is 0 Å². The van der Waals surface area contributed by atoms with Gasteiger partial charge in [-0.3, -0.25) is 14.7 Å². The number of nitrogens with one attached hydrogen (secondary N) is 1. The van der Waals surface area contributed by atoms with Crippen LogP contribution in [0, 0.1) is 5.92 Å². The fraction of sp³-hybridized carbons (Fsp3) is 0.433. The van der Waals surface area contributed by atoms with Crippen LogP contribution in [0.3, 0.4) is 0 Å². The largest absolute Gasteiger partial charge is 0.397 e. The van der Waals surface area contributed by atoms with Gasteiger partial charge in [0, 0.05) is 76.3 Å². The van der Waals surface area contributed by atoms with Crippen LogP contribution in [0.15, 0.2) is 48.9 Å². The van der Waals surface area contributed by atoms with E-state index in [0.29, 0.717) is 39.1 Å². The van der Waals surface area contributed by atoms with Crippen molar-refractivity contribution in [2.24, 2.45) is 5.92 Å². The number of aromatic amines is 1. The molecule has 1 aliphatic heterocycles. The van der Waals surface area contributed by atoms with Crippen molar-refractivity contribution >= 4 is 22.8 Å². The number of aromatic nitrogens is 5. The number of hydrogen-bond donors (Lipinski definition) is 1. The molecule has 12 heteroatoms. The van der Waals surface area contributed by atoms with Crippen molar-refractivity contribution in [1.82, 2.24) is 34.7 Å². The number of amides is 1. The van der Waals surface area contributed by atoms with Crippen LogP contribution in [0.25, 0.3) is 22.3 Å². The van der Waals surface area contributed by atoms with Gasteiger partial charge in [0.15, 0.2) is 0 Å². The second-order valence-electron chi connectivity index (χ2n) is 11.3.